The fourth-order valence-corrected chi connectivity index (χ4v) is 3.75. The van der Waals surface area contributed by atoms with E-state index in [1.807, 2.05) is 5.06 Å². The molecule has 1 saturated carbocycles. The Morgan fingerprint density at radius 2 is 2.06 bits per heavy atom. The highest BCUT2D eigenvalue weighted by Crippen LogP contribution is 2.51. The van der Waals surface area contributed by atoms with E-state index >= 15 is 0 Å². The molecule has 1 spiro atoms. The zero-order valence-corrected chi connectivity index (χ0v) is 9.30. The lowest BCUT2D eigenvalue weighted by atomic mass is 9.68. The minimum Gasteiger partial charge on any atom is -0.303 e. The summed E-state index contributed by atoms with van der Waals surface area (Å²) in [5.41, 5.74) is -0.158. The van der Waals surface area contributed by atoms with E-state index < -0.39 is 0 Å². The van der Waals surface area contributed by atoms with Crippen molar-refractivity contribution in [1.82, 2.24) is 5.06 Å². The van der Waals surface area contributed by atoms with Gasteiger partial charge in [0.1, 0.15) is 12.6 Å². The third kappa shape index (κ3) is 1.23. The van der Waals surface area contributed by atoms with Gasteiger partial charge in [-0.3, -0.25) is 4.84 Å². The molecule has 2 saturated heterocycles. The van der Waals surface area contributed by atoms with Crippen molar-refractivity contribution in [3.8, 4) is 0 Å². The number of hydroxylamine groups is 2. The Hall–Kier alpha value is -0.740. The van der Waals surface area contributed by atoms with Gasteiger partial charge < -0.3 is 9.59 Å². The summed E-state index contributed by atoms with van der Waals surface area (Å²) in [6, 6.07) is -0.140. The first kappa shape index (κ1) is 10.4. The molecular formula is C12H17NO3. The normalized spacial score (nSPS) is 47.4. The third-order valence-electron chi connectivity index (χ3n) is 4.50. The average Bonchev–Trinajstić information content (AvgIpc) is 2.62. The molecule has 3 rings (SSSR count). The number of piperidine rings is 1. The molecule has 1 aliphatic carbocycles. The Labute approximate surface area is 94.9 Å². The molecule has 0 unspecified atom stereocenters. The van der Waals surface area contributed by atoms with Crippen molar-refractivity contribution in [3.05, 3.63) is 0 Å². The zero-order valence-electron chi connectivity index (χ0n) is 9.30. The minimum atomic E-state index is -0.158. The summed E-state index contributed by atoms with van der Waals surface area (Å²) in [5.74, 6) is 0.0500. The largest absolute Gasteiger partial charge is 0.303 e. The number of fused-ring (bicyclic) bond motifs is 1. The molecule has 3 aliphatic rings. The summed E-state index contributed by atoms with van der Waals surface area (Å²) in [6.07, 6.45) is 7.97. The van der Waals surface area contributed by atoms with Crippen molar-refractivity contribution in [3.63, 3.8) is 0 Å². The van der Waals surface area contributed by atoms with Crippen LogP contribution in [0.15, 0.2) is 0 Å². The van der Waals surface area contributed by atoms with Crippen LogP contribution in [0.5, 0.6) is 0 Å². The van der Waals surface area contributed by atoms with Gasteiger partial charge in [0.15, 0.2) is 0 Å². The SMILES string of the molecule is O=C[C@H]1CCC[C@@]23C[C@@H](CC[C@@H]2C=O)ON13. The summed E-state index contributed by atoms with van der Waals surface area (Å²) in [7, 11) is 0. The quantitative estimate of drug-likeness (QED) is 0.657. The minimum absolute atomic E-state index is 0.0500. The van der Waals surface area contributed by atoms with Gasteiger partial charge in [0.2, 0.25) is 0 Å². The Bertz CT molecular complexity index is 319. The monoisotopic (exact) mass is 223 g/mol. The van der Waals surface area contributed by atoms with Gasteiger partial charge in [-0.1, -0.05) is 0 Å². The molecule has 2 bridgehead atoms. The molecule has 4 heteroatoms. The highest BCUT2D eigenvalue weighted by Gasteiger charge is 2.58. The van der Waals surface area contributed by atoms with E-state index in [1.54, 1.807) is 0 Å². The zero-order chi connectivity index (χ0) is 11.2. The Morgan fingerprint density at radius 1 is 1.19 bits per heavy atom. The molecule has 16 heavy (non-hydrogen) atoms. The predicted octanol–water partition coefficient (Wildman–Crippen LogP) is 1.09. The van der Waals surface area contributed by atoms with Crippen molar-refractivity contribution >= 4 is 12.6 Å². The fourth-order valence-electron chi connectivity index (χ4n) is 3.75. The molecule has 0 radical (unpaired) electrons. The molecule has 3 fully saturated rings. The van der Waals surface area contributed by atoms with E-state index in [0.717, 1.165) is 51.1 Å². The molecule has 0 aromatic carbocycles. The summed E-state index contributed by atoms with van der Waals surface area (Å²) in [5, 5.41) is 1.88. The molecule has 4 atom stereocenters. The molecule has 2 aliphatic heterocycles. The lowest BCUT2D eigenvalue weighted by Crippen LogP contribution is -2.57. The van der Waals surface area contributed by atoms with Crippen LogP contribution in [0, 0.1) is 5.92 Å². The standard InChI is InChI=1S/C12H17NO3/c14-7-9-3-4-11-6-12(9)5-1-2-10(8-15)13(12)16-11/h7-11H,1-6H2/t9-,10-,11-,12-/m1/s1. The van der Waals surface area contributed by atoms with E-state index in [0.29, 0.717) is 0 Å². The summed E-state index contributed by atoms with van der Waals surface area (Å²) in [4.78, 5) is 28.2. The number of hydrogen-bond acceptors (Lipinski definition) is 4. The van der Waals surface area contributed by atoms with Crippen molar-refractivity contribution in [1.29, 1.82) is 0 Å². The molecule has 0 aromatic heterocycles. The van der Waals surface area contributed by atoms with Gasteiger partial charge in [-0.2, -0.15) is 5.06 Å². The first-order valence-corrected chi connectivity index (χ1v) is 6.17. The molecule has 2 heterocycles. The van der Waals surface area contributed by atoms with Crippen LogP contribution in [0.4, 0.5) is 0 Å². The predicted molar refractivity (Wildman–Crippen MR) is 56.6 cm³/mol. The smallest absolute Gasteiger partial charge is 0.139 e. The average molecular weight is 223 g/mol. The maximum Gasteiger partial charge on any atom is 0.139 e. The van der Waals surface area contributed by atoms with Gasteiger partial charge in [0, 0.05) is 5.92 Å². The van der Waals surface area contributed by atoms with Crippen molar-refractivity contribution in [2.24, 2.45) is 5.92 Å². The molecule has 88 valence electrons. The van der Waals surface area contributed by atoms with Gasteiger partial charge >= 0.3 is 0 Å². The lowest BCUT2D eigenvalue weighted by Gasteiger charge is -2.46. The van der Waals surface area contributed by atoms with Crippen LogP contribution in [0.2, 0.25) is 0 Å². The fraction of sp³-hybridized carbons (Fsp3) is 0.833. The maximum absolute atomic E-state index is 11.2. The van der Waals surface area contributed by atoms with Gasteiger partial charge in [-0.05, 0) is 38.5 Å². The Kier molecular flexibility index (Phi) is 2.37. The van der Waals surface area contributed by atoms with Crippen LogP contribution in [-0.2, 0) is 14.4 Å². The second kappa shape index (κ2) is 3.64. The molecule has 0 amide bonds. The van der Waals surface area contributed by atoms with Gasteiger partial charge in [0.05, 0.1) is 17.7 Å². The Balaban J connectivity index is 1.97. The number of carbonyl (C=O) groups is 2. The van der Waals surface area contributed by atoms with Crippen LogP contribution >= 0.6 is 0 Å². The van der Waals surface area contributed by atoms with Crippen LogP contribution in [0.3, 0.4) is 0 Å². The molecular weight excluding hydrogens is 206 g/mol. The number of aldehydes is 2. The van der Waals surface area contributed by atoms with E-state index in [9.17, 15) is 9.59 Å². The number of hydrogen-bond donors (Lipinski definition) is 0. The summed E-state index contributed by atoms with van der Waals surface area (Å²) >= 11 is 0. The van der Waals surface area contributed by atoms with Gasteiger partial charge in [-0.25, -0.2) is 0 Å². The summed E-state index contributed by atoms with van der Waals surface area (Å²) in [6.45, 7) is 0. The van der Waals surface area contributed by atoms with Gasteiger partial charge in [0.25, 0.3) is 0 Å². The second-order valence-electron chi connectivity index (χ2n) is 5.28. The second-order valence-corrected chi connectivity index (χ2v) is 5.28. The number of rotatable bonds is 2. The van der Waals surface area contributed by atoms with E-state index in [-0.39, 0.29) is 23.6 Å². The molecule has 0 aromatic rings. The van der Waals surface area contributed by atoms with Gasteiger partial charge in [-0.15, -0.1) is 0 Å². The molecule has 0 N–H and O–H groups in total. The van der Waals surface area contributed by atoms with E-state index in [1.165, 1.54) is 0 Å². The highest BCUT2D eigenvalue weighted by atomic mass is 16.7. The van der Waals surface area contributed by atoms with Crippen LogP contribution in [-0.4, -0.2) is 35.3 Å². The van der Waals surface area contributed by atoms with Crippen molar-refractivity contribution in [2.45, 2.75) is 56.2 Å². The number of nitrogens with zero attached hydrogens (tertiary/aromatic N) is 1. The Morgan fingerprint density at radius 3 is 2.81 bits per heavy atom. The number of carbonyl (C=O) groups excluding carboxylic acids is 2. The van der Waals surface area contributed by atoms with Crippen LogP contribution in [0.1, 0.15) is 38.5 Å². The van der Waals surface area contributed by atoms with Crippen LogP contribution < -0.4 is 0 Å². The van der Waals surface area contributed by atoms with Crippen molar-refractivity contribution < 1.29 is 14.4 Å². The lowest BCUT2D eigenvalue weighted by molar-refractivity contribution is -0.221. The summed E-state index contributed by atoms with van der Waals surface area (Å²) < 4.78 is 0. The van der Waals surface area contributed by atoms with Crippen LogP contribution in [0.25, 0.3) is 0 Å². The first-order valence-electron chi connectivity index (χ1n) is 6.17. The highest BCUT2D eigenvalue weighted by molar-refractivity contribution is 5.60. The van der Waals surface area contributed by atoms with Crippen molar-refractivity contribution in [2.75, 3.05) is 0 Å². The van der Waals surface area contributed by atoms with E-state index in [2.05, 4.69) is 0 Å². The topological polar surface area (TPSA) is 46.6 Å². The van der Waals surface area contributed by atoms with E-state index in [4.69, 9.17) is 4.84 Å². The first-order chi connectivity index (χ1) is 7.80. The third-order valence-corrected chi connectivity index (χ3v) is 4.50. The maximum atomic E-state index is 11.2. The molecule has 4 nitrogen and oxygen atoms in total.